The summed E-state index contributed by atoms with van der Waals surface area (Å²) in [4.78, 5) is 25.9. The van der Waals surface area contributed by atoms with E-state index in [1.165, 1.54) is 30.0 Å². The zero-order valence-electron chi connectivity index (χ0n) is 16.1. The summed E-state index contributed by atoms with van der Waals surface area (Å²) in [7, 11) is 1.73. The summed E-state index contributed by atoms with van der Waals surface area (Å²) < 4.78 is 18.3. The molecule has 2 aromatic carbocycles. The van der Waals surface area contributed by atoms with Crippen molar-refractivity contribution in [2.45, 2.75) is 26.1 Å². The first-order valence-electron chi connectivity index (χ1n) is 8.93. The molecule has 0 saturated carbocycles. The molecule has 146 valence electrons. The average molecular weight is 399 g/mol. The Morgan fingerprint density at radius 2 is 1.79 bits per heavy atom. The zero-order chi connectivity index (χ0) is 20.3. The monoisotopic (exact) mass is 399 g/mol. The van der Waals surface area contributed by atoms with Gasteiger partial charge in [0.2, 0.25) is 5.91 Å². The molecule has 0 radical (unpaired) electrons. The quantitative estimate of drug-likeness (QED) is 0.575. The lowest BCUT2D eigenvalue weighted by atomic mass is 10.0. The Morgan fingerprint density at radius 3 is 2.50 bits per heavy atom. The minimum absolute atomic E-state index is 0.0198. The minimum atomic E-state index is -0.383. The lowest BCUT2D eigenvalue weighted by Crippen LogP contribution is -2.27. The number of aryl methyl sites for hydroxylation is 2. The fourth-order valence-corrected chi connectivity index (χ4v) is 3.87. The molecule has 0 N–H and O–H groups in total. The van der Waals surface area contributed by atoms with Crippen molar-refractivity contribution in [3.05, 3.63) is 81.0 Å². The molecule has 0 aliphatic rings. The number of benzene rings is 2. The van der Waals surface area contributed by atoms with Crippen LogP contribution in [0.5, 0.6) is 0 Å². The number of hydrogen-bond acceptors (Lipinski definition) is 4. The summed E-state index contributed by atoms with van der Waals surface area (Å²) in [6.45, 7) is 4.42. The van der Waals surface area contributed by atoms with Crippen LogP contribution >= 0.6 is 11.8 Å². The van der Waals surface area contributed by atoms with Gasteiger partial charge in [-0.1, -0.05) is 12.1 Å². The summed E-state index contributed by atoms with van der Waals surface area (Å²) in [6.07, 6.45) is 0. The standard InChI is InChI=1S/C22H22FNO3S/c1-14-8-19-17(10-22(26)27-20(19)9-15(14)2)12-28-13-21(25)24(3)11-16-4-6-18(23)7-5-16/h4-10H,11-13H2,1-3H3. The third-order valence-electron chi connectivity index (χ3n) is 4.69. The van der Waals surface area contributed by atoms with Gasteiger partial charge in [-0.2, -0.15) is 0 Å². The second-order valence-electron chi connectivity index (χ2n) is 6.89. The smallest absolute Gasteiger partial charge is 0.336 e. The van der Waals surface area contributed by atoms with Crippen molar-refractivity contribution in [2.24, 2.45) is 0 Å². The summed E-state index contributed by atoms with van der Waals surface area (Å²) in [5.41, 5.74) is 4.13. The van der Waals surface area contributed by atoms with Crippen LogP contribution in [0.1, 0.15) is 22.3 Å². The summed E-state index contributed by atoms with van der Waals surface area (Å²) in [6, 6.07) is 11.5. The van der Waals surface area contributed by atoms with Gasteiger partial charge in [-0.3, -0.25) is 4.79 Å². The minimum Gasteiger partial charge on any atom is -0.423 e. The van der Waals surface area contributed by atoms with Crippen LogP contribution in [0.15, 0.2) is 51.7 Å². The van der Waals surface area contributed by atoms with Crippen LogP contribution in [0, 0.1) is 19.7 Å². The maximum Gasteiger partial charge on any atom is 0.336 e. The normalized spacial score (nSPS) is 11.0. The maximum absolute atomic E-state index is 13.0. The first-order chi connectivity index (χ1) is 13.3. The molecule has 1 heterocycles. The molecule has 3 rings (SSSR count). The topological polar surface area (TPSA) is 50.5 Å². The van der Waals surface area contributed by atoms with Crippen LogP contribution < -0.4 is 5.63 Å². The molecule has 0 atom stereocenters. The lowest BCUT2D eigenvalue weighted by molar-refractivity contribution is -0.127. The number of fused-ring (bicyclic) bond motifs is 1. The van der Waals surface area contributed by atoms with Crippen molar-refractivity contribution in [1.82, 2.24) is 4.90 Å². The molecule has 0 saturated heterocycles. The van der Waals surface area contributed by atoms with Gasteiger partial charge in [0.15, 0.2) is 0 Å². The number of nitrogens with zero attached hydrogens (tertiary/aromatic N) is 1. The number of thioether (sulfide) groups is 1. The van der Waals surface area contributed by atoms with Crippen LogP contribution in [0.2, 0.25) is 0 Å². The molecule has 0 aliphatic carbocycles. The van der Waals surface area contributed by atoms with Gasteiger partial charge in [0.1, 0.15) is 11.4 Å². The number of halogens is 1. The molecule has 0 spiro atoms. The second kappa shape index (κ2) is 8.61. The Balaban J connectivity index is 1.64. The number of carbonyl (C=O) groups is 1. The summed E-state index contributed by atoms with van der Waals surface area (Å²) in [5, 5.41) is 0.905. The van der Waals surface area contributed by atoms with Crippen LogP contribution in [0.3, 0.4) is 0 Å². The van der Waals surface area contributed by atoms with E-state index in [-0.39, 0.29) is 17.3 Å². The Labute approximate surface area is 167 Å². The highest BCUT2D eigenvalue weighted by Gasteiger charge is 2.12. The van der Waals surface area contributed by atoms with E-state index in [9.17, 15) is 14.0 Å². The van der Waals surface area contributed by atoms with Gasteiger partial charge < -0.3 is 9.32 Å². The van der Waals surface area contributed by atoms with Crippen molar-refractivity contribution < 1.29 is 13.6 Å². The van der Waals surface area contributed by atoms with Crippen LogP contribution in [-0.2, 0) is 17.1 Å². The van der Waals surface area contributed by atoms with E-state index in [0.717, 1.165) is 27.6 Å². The molecule has 3 aromatic rings. The average Bonchev–Trinajstić information content (AvgIpc) is 2.65. The first kappa shape index (κ1) is 20.1. The summed E-state index contributed by atoms with van der Waals surface area (Å²) in [5.74, 6) is 0.525. The molecule has 0 bridgehead atoms. The van der Waals surface area contributed by atoms with Crippen molar-refractivity contribution in [3.8, 4) is 0 Å². The molecular weight excluding hydrogens is 377 g/mol. The Kier molecular flexibility index (Phi) is 6.19. The molecule has 28 heavy (non-hydrogen) atoms. The number of carbonyl (C=O) groups excluding carboxylic acids is 1. The van der Waals surface area contributed by atoms with E-state index in [2.05, 4.69) is 0 Å². The van der Waals surface area contributed by atoms with Crippen molar-refractivity contribution >= 4 is 28.6 Å². The van der Waals surface area contributed by atoms with E-state index < -0.39 is 0 Å². The fraction of sp³-hybridized carbons (Fsp3) is 0.273. The van der Waals surface area contributed by atoms with E-state index in [1.54, 1.807) is 24.1 Å². The van der Waals surface area contributed by atoms with Crippen molar-refractivity contribution in [2.75, 3.05) is 12.8 Å². The molecule has 0 aliphatic heterocycles. The third-order valence-corrected chi connectivity index (χ3v) is 5.65. The Bertz CT molecular complexity index is 1060. The summed E-state index contributed by atoms with van der Waals surface area (Å²) >= 11 is 1.46. The van der Waals surface area contributed by atoms with Crippen LogP contribution in [0.25, 0.3) is 11.0 Å². The predicted molar refractivity (Wildman–Crippen MR) is 111 cm³/mol. The number of rotatable bonds is 6. The first-order valence-corrected chi connectivity index (χ1v) is 10.1. The van der Waals surface area contributed by atoms with Crippen LogP contribution in [0.4, 0.5) is 4.39 Å². The Hall–Kier alpha value is -2.60. The van der Waals surface area contributed by atoms with E-state index in [1.807, 2.05) is 26.0 Å². The zero-order valence-corrected chi connectivity index (χ0v) is 16.9. The van der Waals surface area contributed by atoms with Crippen molar-refractivity contribution in [3.63, 3.8) is 0 Å². The molecule has 4 nitrogen and oxygen atoms in total. The molecule has 0 unspecified atom stereocenters. The highest BCUT2D eigenvalue weighted by Crippen LogP contribution is 2.24. The van der Waals surface area contributed by atoms with Gasteiger partial charge in [0, 0.05) is 30.8 Å². The van der Waals surface area contributed by atoms with Gasteiger partial charge in [0.05, 0.1) is 5.75 Å². The van der Waals surface area contributed by atoms with Gasteiger partial charge in [-0.05, 0) is 60.4 Å². The van der Waals surface area contributed by atoms with Crippen molar-refractivity contribution in [1.29, 1.82) is 0 Å². The molecular formula is C22H22FNO3S. The second-order valence-corrected chi connectivity index (χ2v) is 7.88. The third kappa shape index (κ3) is 4.81. The highest BCUT2D eigenvalue weighted by molar-refractivity contribution is 7.99. The number of hydrogen-bond donors (Lipinski definition) is 0. The van der Waals surface area contributed by atoms with Gasteiger partial charge in [-0.15, -0.1) is 11.8 Å². The van der Waals surface area contributed by atoms with E-state index in [0.29, 0.717) is 23.6 Å². The number of amides is 1. The van der Waals surface area contributed by atoms with E-state index in [4.69, 9.17) is 4.42 Å². The van der Waals surface area contributed by atoms with E-state index >= 15 is 0 Å². The maximum atomic E-state index is 13.0. The largest absolute Gasteiger partial charge is 0.423 e. The van der Waals surface area contributed by atoms with Gasteiger partial charge in [-0.25, -0.2) is 9.18 Å². The molecule has 1 aromatic heterocycles. The lowest BCUT2D eigenvalue weighted by Gasteiger charge is -2.17. The SMILES string of the molecule is Cc1cc2oc(=O)cc(CSCC(=O)N(C)Cc3ccc(F)cc3)c2cc1C. The van der Waals surface area contributed by atoms with Gasteiger partial charge in [0.25, 0.3) is 0 Å². The predicted octanol–water partition coefficient (Wildman–Crippen LogP) is 4.44. The molecule has 0 fully saturated rings. The molecule has 6 heteroatoms. The fourth-order valence-electron chi connectivity index (χ4n) is 2.91. The Morgan fingerprint density at radius 1 is 1.11 bits per heavy atom. The van der Waals surface area contributed by atoms with Gasteiger partial charge >= 0.3 is 5.63 Å². The molecule has 1 amide bonds. The highest BCUT2D eigenvalue weighted by atomic mass is 32.2. The van der Waals surface area contributed by atoms with Crippen LogP contribution in [-0.4, -0.2) is 23.6 Å².